The van der Waals surface area contributed by atoms with Gasteiger partial charge in [-0.05, 0) is 30.9 Å². The highest BCUT2D eigenvalue weighted by Gasteiger charge is 2.35. The van der Waals surface area contributed by atoms with E-state index < -0.39 is 0 Å². The van der Waals surface area contributed by atoms with Crippen molar-refractivity contribution >= 4 is 23.4 Å². The fraction of sp³-hybridized carbons (Fsp3) is 0.450. The van der Waals surface area contributed by atoms with E-state index in [2.05, 4.69) is 4.98 Å². The number of oxazole rings is 1. The first-order valence-corrected chi connectivity index (χ1v) is 9.75. The van der Waals surface area contributed by atoms with Gasteiger partial charge in [-0.2, -0.15) is 0 Å². The highest BCUT2D eigenvalue weighted by atomic mass is 35.5. The largest absolute Gasteiger partial charge is 0.443 e. The van der Waals surface area contributed by atoms with Crippen molar-refractivity contribution in [3.8, 4) is 0 Å². The van der Waals surface area contributed by atoms with Crippen LogP contribution in [0.4, 0.5) is 0 Å². The van der Waals surface area contributed by atoms with Gasteiger partial charge in [0.05, 0.1) is 12.7 Å². The molecule has 0 bridgehead atoms. The zero-order chi connectivity index (χ0) is 18.8. The van der Waals surface area contributed by atoms with Gasteiger partial charge in [0.15, 0.2) is 0 Å². The van der Waals surface area contributed by atoms with Crippen LogP contribution >= 0.6 is 11.6 Å². The topological polar surface area (TPSA) is 66.7 Å². The molecular formula is C20H22ClN3O3. The molecule has 27 heavy (non-hydrogen) atoms. The van der Waals surface area contributed by atoms with E-state index >= 15 is 0 Å². The molecule has 7 heteroatoms. The number of carbonyl (C=O) groups is 2. The molecule has 2 fully saturated rings. The van der Waals surface area contributed by atoms with Crippen molar-refractivity contribution in [3.05, 3.63) is 52.7 Å². The molecule has 0 radical (unpaired) electrons. The van der Waals surface area contributed by atoms with Crippen LogP contribution in [0.3, 0.4) is 0 Å². The summed E-state index contributed by atoms with van der Waals surface area (Å²) in [5.74, 6) is 1.33. The lowest BCUT2D eigenvalue weighted by Gasteiger charge is -2.25. The Kier molecular flexibility index (Phi) is 5.16. The third-order valence-corrected chi connectivity index (χ3v) is 5.62. The van der Waals surface area contributed by atoms with Crippen LogP contribution in [0, 0.1) is 0 Å². The maximum Gasteiger partial charge on any atom is 0.242 e. The van der Waals surface area contributed by atoms with E-state index in [-0.39, 0.29) is 24.4 Å². The number of likely N-dealkylation sites (tertiary alicyclic amines) is 2. The number of hydrogen-bond acceptors (Lipinski definition) is 4. The lowest BCUT2D eigenvalue weighted by atomic mass is 10.1. The van der Waals surface area contributed by atoms with Crippen molar-refractivity contribution < 1.29 is 14.0 Å². The van der Waals surface area contributed by atoms with Crippen LogP contribution in [0.25, 0.3) is 0 Å². The average molecular weight is 388 g/mol. The van der Waals surface area contributed by atoms with Crippen LogP contribution in [0.15, 0.2) is 34.9 Å². The molecule has 142 valence electrons. The minimum atomic E-state index is -0.157. The first-order valence-electron chi connectivity index (χ1n) is 9.37. The van der Waals surface area contributed by atoms with Gasteiger partial charge < -0.3 is 14.2 Å². The van der Waals surface area contributed by atoms with Gasteiger partial charge in [-0.1, -0.05) is 29.8 Å². The Morgan fingerprint density at radius 3 is 2.89 bits per heavy atom. The maximum atomic E-state index is 12.7. The molecule has 2 saturated heterocycles. The molecule has 6 nitrogen and oxygen atoms in total. The summed E-state index contributed by atoms with van der Waals surface area (Å²) in [6.07, 6.45) is 5.39. The number of benzene rings is 1. The van der Waals surface area contributed by atoms with Gasteiger partial charge in [0.1, 0.15) is 11.8 Å². The highest BCUT2D eigenvalue weighted by molar-refractivity contribution is 6.31. The normalized spacial score (nSPS) is 19.9. The first-order chi connectivity index (χ1) is 13.1. The summed E-state index contributed by atoms with van der Waals surface area (Å²) in [6.45, 7) is 1.50. The van der Waals surface area contributed by atoms with E-state index in [0.717, 1.165) is 30.6 Å². The summed E-state index contributed by atoms with van der Waals surface area (Å²) in [5, 5.41) is 0.698. The van der Waals surface area contributed by atoms with Crippen molar-refractivity contribution in [1.29, 1.82) is 0 Å². The summed E-state index contributed by atoms with van der Waals surface area (Å²) in [5.41, 5.74) is 0.980. The lowest BCUT2D eigenvalue weighted by Crippen LogP contribution is -2.40. The van der Waals surface area contributed by atoms with Crippen LogP contribution in [-0.4, -0.2) is 46.2 Å². The van der Waals surface area contributed by atoms with Gasteiger partial charge >= 0.3 is 0 Å². The summed E-state index contributed by atoms with van der Waals surface area (Å²) in [7, 11) is 0. The Bertz CT molecular complexity index is 851. The van der Waals surface area contributed by atoms with E-state index in [4.69, 9.17) is 16.0 Å². The number of hydrogen-bond donors (Lipinski definition) is 0. The van der Waals surface area contributed by atoms with Crippen LogP contribution in [0.5, 0.6) is 0 Å². The molecular weight excluding hydrogens is 366 g/mol. The third-order valence-electron chi connectivity index (χ3n) is 5.25. The van der Waals surface area contributed by atoms with E-state index in [9.17, 15) is 9.59 Å². The van der Waals surface area contributed by atoms with Crippen molar-refractivity contribution in [2.45, 2.75) is 38.1 Å². The average Bonchev–Trinajstić information content (AvgIpc) is 3.38. The summed E-state index contributed by atoms with van der Waals surface area (Å²) >= 11 is 6.22. The molecule has 0 spiro atoms. The Hall–Kier alpha value is -2.34. The van der Waals surface area contributed by atoms with Gasteiger partial charge in [-0.15, -0.1) is 0 Å². The standard InChI is InChI=1S/C20H22ClN3O3/c21-16-6-2-1-5-14(16)11-15-12-22-20(27-15)17-7-3-10-24(17)19(26)13-23-9-4-8-18(23)25/h1-2,5-6,12,17H,3-4,7-11,13H2/t17-/m1/s1. The summed E-state index contributed by atoms with van der Waals surface area (Å²) in [6, 6.07) is 7.49. The molecule has 0 N–H and O–H groups in total. The molecule has 2 aliphatic rings. The summed E-state index contributed by atoms with van der Waals surface area (Å²) in [4.78, 5) is 32.4. The van der Waals surface area contributed by atoms with E-state index in [1.54, 1.807) is 16.0 Å². The Balaban J connectivity index is 1.44. The molecule has 4 rings (SSSR count). The molecule has 2 amide bonds. The van der Waals surface area contributed by atoms with Crippen molar-refractivity contribution in [1.82, 2.24) is 14.8 Å². The third kappa shape index (κ3) is 3.86. The minimum Gasteiger partial charge on any atom is -0.443 e. The van der Waals surface area contributed by atoms with Gasteiger partial charge in [0.25, 0.3) is 0 Å². The van der Waals surface area contributed by atoms with Crippen molar-refractivity contribution in [2.75, 3.05) is 19.6 Å². The SMILES string of the molecule is O=C1CCCN1CC(=O)N1CCC[C@@H]1c1ncc(Cc2ccccc2Cl)o1. The molecule has 1 aromatic carbocycles. The second-order valence-electron chi connectivity index (χ2n) is 7.10. The van der Waals surface area contributed by atoms with Crippen LogP contribution in [-0.2, 0) is 16.0 Å². The highest BCUT2D eigenvalue weighted by Crippen LogP contribution is 2.32. The monoisotopic (exact) mass is 387 g/mol. The van der Waals surface area contributed by atoms with Gasteiger partial charge in [-0.3, -0.25) is 9.59 Å². The van der Waals surface area contributed by atoms with Crippen LogP contribution < -0.4 is 0 Å². The van der Waals surface area contributed by atoms with E-state index in [1.807, 2.05) is 24.3 Å². The van der Waals surface area contributed by atoms with E-state index in [1.165, 1.54) is 0 Å². The predicted molar refractivity (Wildman–Crippen MR) is 100 cm³/mol. The second-order valence-corrected chi connectivity index (χ2v) is 7.50. The van der Waals surface area contributed by atoms with Crippen molar-refractivity contribution in [2.24, 2.45) is 0 Å². The number of aromatic nitrogens is 1. The molecule has 2 aliphatic heterocycles. The lowest BCUT2D eigenvalue weighted by molar-refractivity contribution is -0.139. The second kappa shape index (κ2) is 7.72. The summed E-state index contributed by atoms with van der Waals surface area (Å²) < 4.78 is 5.95. The van der Waals surface area contributed by atoms with Crippen LogP contribution in [0.1, 0.15) is 48.9 Å². The number of nitrogens with zero attached hydrogens (tertiary/aromatic N) is 3. The number of amides is 2. The fourth-order valence-corrected chi connectivity index (χ4v) is 4.04. The van der Waals surface area contributed by atoms with Crippen molar-refractivity contribution in [3.63, 3.8) is 0 Å². The number of carbonyl (C=O) groups excluding carboxylic acids is 2. The molecule has 2 aromatic rings. The smallest absolute Gasteiger partial charge is 0.242 e. The molecule has 0 unspecified atom stereocenters. The zero-order valence-corrected chi connectivity index (χ0v) is 15.8. The predicted octanol–water partition coefficient (Wildman–Crippen LogP) is 3.20. The Labute approximate surface area is 163 Å². The van der Waals surface area contributed by atoms with Gasteiger partial charge in [-0.25, -0.2) is 4.98 Å². The Morgan fingerprint density at radius 2 is 2.11 bits per heavy atom. The molecule has 1 aromatic heterocycles. The maximum absolute atomic E-state index is 12.7. The molecule has 0 saturated carbocycles. The molecule has 0 aliphatic carbocycles. The van der Waals surface area contributed by atoms with Crippen LogP contribution in [0.2, 0.25) is 5.02 Å². The molecule has 1 atom stereocenters. The minimum absolute atomic E-state index is 0.0291. The quantitative estimate of drug-likeness (QED) is 0.790. The van der Waals surface area contributed by atoms with Gasteiger partial charge in [0.2, 0.25) is 17.7 Å². The number of rotatable bonds is 5. The first kappa shape index (κ1) is 18.0. The Morgan fingerprint density at radius 1 is 1.26 bits per heavy atom. The molecule has 3 heterocycles. The van der Waals surface area contributed by atoms with E-state index in [0.29, 0.717) is 36.8 Å². The fourth-order valence-electron chi connectivity index (χ4n) is 3.84. The number of halogens is 1. The zero-order valence-electron chi connectivity index (χ0n) is 15.1. The van der Waals surface area contributed by atoms with Gasteiger partial charge in [0, 0.05) is 31.0 Å².